The Kier molecular flexibility index (Phi) is 4.18. The van der Waals surface area contributed by atoms with Crippen LogP contribution in [0, 0.1) is 0 Å². The minimum Gasteiger partial charge on any atom is -0.378 e. The Labute approximate surface area is 115 Å². The van der Waals surface area contributed by atoms with Crippen molar-refractivity contribution in [1.82, 2.24) is 10.2 Å². The smallest absolute Gasteiger partial charge is 0.224 e. The Morgan fingerprint density at radius 1 is 1.26 bits per heavy atom. The second-order valence-electron chi connectivity index (χ2n) is 6.80. The number of ether oxygens (including phenoxy) is 2. The maximum atomic E-state index is 12.4. The van der Waals surface area contributed by atoms with E-state index in [1.54, 1.807) is 0 Å². The molecule has 1 atom stereocenters. The van der Waals surface area contributed by atoms with Crippen LogP contribution >= 0.6 is 0 Å². The van der Waals surface area contributed by atoms with E-state index in [1.165, 1.54) is 0 Å². The molecule has 0 aromatic rings. The SMILES string of the molecule is CC1(C)CN(C(=O)CC2COCCN2)CC(C)(C)O1. The van der Waals surface area contributed by atoms with E-state index >= 15 is 0 Å². The van der Waals surface area contributed by atoms with Crippen molar-refractivity contribution in [2.45, 2.75) is 51.4 Å². The van der Waals surface area contributed by atoms with Crippen LogP contribution in [0.25, 0.3) is 0 Å². The molecule has 2 fully saturated rings. The molecule has 2 rings (SSSR count). The summed E-state index contributed by atoms with van der Waals surface area (Å²) >= 11 is 0. The lowest BCUT2D eigenvalue weighted by atomic mass is 9.98. The Bertz CT molecular complexity index is 320. The van der Waals surface area contributed by atoms with Crippen molar-refractivity contribution < 1.29 is 14.3 Å². The lowest BCUT2D eigenvalue weighted by Crippen LogP contribution is -2.59. The van der Waals surface area contributed by atoms with Gasteiger partial charge >= 0.3 is 0 Å². The number of hydrogen-bond acceptors (Lipinski definition) is 4. The van der Waals surface area contributed by atoms with Gasteiger partial charge in [-0.2, -0.15) is 0 Å². The zero-order valence-corrected chi connectivity index (χ0v) is 12.5. The van der Waals surface area contributed by atoms with E-state index in [0.717, 1.165) is 13.2 Å². The quantitative estimate of drug-likeness (QED) is 0.805. The predicted octanol–water partition coefficient (Wildman–Crippen LogP) is 0.781. The van der Waals surface area contributed by atoms with Crippen LogP contribution < -0.4 is 5.32 Å². The van der Waals surface area contributed by atoms with Gasteiger partial charge in [-0.3, -0.25) is 4.79 Å². The van der Waals surface area contributed by atoms with Gasteiger partial charge < -0.3 is 19.7 Å². The summed E-state index contributed by atoms with van der Waals surface area (Å²) in [6.45, 7) is 11.7. The molecular weight excluding hydrogens is 244 g/mol. The molecule has 0 aromatic heterocycles. The van der Waals surface area contributed by atoms with Gasteiger partial charge in [-0.1, -0.05) is 0 Å². The first-order valence-corrected chi connectivity index (χ1v) is 7.07. The Balaban J connectivity index is 1.94. The lowest BCUT2D eigenvalue weighted by molar-refractivity contribution is -0.188. The van der Waals surface area contributed by atoms with Crippen LogP contribution in [0.15, 0.2) is 0 Å². The van der Waals surface area contributed by atoms with E-state index in [4.69, 9.17) is 9.47 Å². The molecule has 2 saturated heterocycles. The van der Waals surface area contributed by atoms with Crippen molar-refractivity contribution >= 4 is 5.91 Å². The molecule has 1 amide bonds. The molecule has 2 aliphatic rings. The lowest BCUT2D eigenvalue weighted by Gasteiger charge is -2.47. The second kappa shape index (κ2) is 5.38. The summed E-state index contributed by atoms with van der Waals surface area (Å²) in [7, 11) is 0. The zero-order chi connectivity index (χ0) is 14.1. The second-order valence-corrected chi connectivity index (χ2v) is 6.80. The number of carbonyl (C=O) groups excluding carboxylic acids is 1. The molecule has 0 saturated carbocycles. The first kappa shape index (κ1) is 14.8. The summed E-state index contributed by atoms with van der Waals surface area (Å²) in [6.07, 6.45) is 0.506. The van der Waals surface area contributed by atoms with Gasteiger partial charge in [0.25, 0.3) is 0 Å². The van der Waals surface area contributed by atoms with Gasteiger partial charge in [0.05, 0.1) is 24.4 Å². The number of morpholine rings is 2. The van der Waals surface area contributed by atoms with Crippen LogP contribution in [0.3, 0.4) is 0 Å². The molecule has 0 aromatic carbocycles. The fourth-order valence-electron chi connectivity index (χ4n) is 3.05. The van der Waals surface area contributed by atoms with Crippen molar-refractivity contribution in [2.24, 2.45) is 0 Å². The van der Waals surface area contributed by atoms with Crippen molar-refractivity contribution in [3.63, 3.8) is 0 Å². The van der Waals surface area contributed by atoms with Crippen molar-refractivity contribution in [2.75, 3.05) is 32.8 Å². The first-order chi connectivity index (χ1) is 8.77. The van der Waals surface area contributed by atoms with Gasteiger partial charge in [0.2, 0.25) is 5.91 Å². The average molecular weight is 270 g/mol. The molecule has 5 heteroatoms. The number of nitrogens with zero attached hydrogens (tertiary/aromatic N) is 1. The average Bonchev–Trinajstić information content (AvgIpc) is 2.26. The normalized spacial score (nSPS) is 30.1. The fraction of sp³-hybridized carbons (Fsp3) is 0.929. The molecule has 0 aliphatic carbocycles. The van der Waals surface area contributed by atoms with Crippen LogP contribution in [0.2, 0.25) is 0 Å². The monoisotopic (exact) mass is 270 g/mol. The van der Waals surface area contributed by atoms with Gasteiger partial charge in [-0.25, -0.2) is 0 Å². The Morgan fingerprint density at radius 2 is 1.89 bits per heavy atom. The van der Waals surface area contributed by atoms with Crippen LogP contribution in [-0.2, 0) is 14.3 Å². The van der Waals surface area contributed by atoms with Crippen LogP contribution in [0.1, 0.15) is 34.1 Å². The van der Waals surface area contributed by atoms with E-state index in [1.807, 2.05) is 32.6 Å². The molecule has 2 aliphatic heterocycles. The number of rotatable bonds is 2. The van der Waals surface area contributed by atoms with Crippen molar-refractivity contribution in [3.8, 4) is 0 Å². The Morgan fingerprint density at radius 3 is 2.42 bits per heavy atom. The highest BCUT2D eigenvalue weighted by Crippen LogP contribution is 2.28. The van der Waals surface area contributed by atoms with E-state index in [2.05, 4.69) is 5.32 Å². The standard InChI is InChI=1S/C14H26N2O3/c1-13(2)9-16(10-14(3,4)19-13)12(17)7-11-8-18-6-5-15-11/h11,15H,5-10H2,1-4H3. The predicted molar refractivity (Wildman–Crippen MR) is 73.0 cm³/mol. The van der Waals surface area contributed by atoms with Crippen LogP contribution in [0.4, 0.5) is 0 Å². The van der Waals surface area contributed by atoms with Gasteiger partial charge in [-0.05, 0) is 27.7 Å². The van der Waals surface area contributed by atoms with E-state index in [9.17, 15) is 4.79 Å². The van der Waals surface area contributed by atoms with E-state index < -0.39 is 0 Å². The topological polar surface area (TPSA) is 50.8 Å². The third-order valence-electron chi connectivity index (χ3n) is 3.47. The minimum atomic E-state index is -0.284. The minimum absolute atomic E-state index is 0.148. The summed E-state index contributed by atoms with van der Waals surface area (Å²) in [5.74, 6) is 0.187. The molecule has 0 bridgehead atoms. The highest BCUT2D eigenvalue weighted by molar-refractivity contribution is 5.77. The maximum absolute atomic E-state index is 12.4. The number of hydrogen-bond donors (Lipinski definition) is 1. The Hall–Kier alpha value is -0.650. The van der Waals surface area contributed by atoms with Crippen LogP contribution in [0.5, 0.6) is 0 Å². The molecule has 0 spiro atoms. The molecule has 1 N–H and O–H groups in total. The molecule has 0 radical (unpaired) electrons. The van der Waals surface area contributed by atoms with Crippen molar-refractivity contribution in [1.29, 1.82) is 0 Å². The number of amides is 1. The number of nitrogens with one attached hydrogen (secondary N) is 1. The highest BCUT2D eigenvalue weighted by atomic mass is 16.5. The van der Waals surface area contributed by atoms with Crippen molar-refractivity contribution in [3.05, 3.63) is 0 Å². The third-order valence-corrected chi connectivity index (χ3v) is 3.47. The molecule has 19 heavy (non-hydrogen) atoms. The number of carbonyl (C=O) groups is 1. The molecule has 5 nitrogen and oxygen atoms in total. The first-order valence-electron chi connectivity index (χ1n) is 7.07. The molecule has 1 unspecified atom stereocenters. The molecule has 110 valence electrons. The summed E-state index contributed by atoms with van der Waals surface area (Å²) in [5.41, 5.74) is -0.568. The van der Waals surface area contributed by atoms with Gasteiger partial charge in [0.15, 0.2) is 0 Å². The van der Waals surface area contributed by atoms with Gasteiger partial charge in [0.1, 0.15) is 0 Å². The summed E-state index contributed by atoms with van der Waals surface area (Å²) in [4.78, 5) is 14.3. The highest BCUT2D eigenvalue weighted by Gasteiger charge is 2.40. The zero-order valence-electron chi connectivity index (χ0n) is 12.5. The molecule has 2 heterocycles. The summed E-state index contributed by atoms with van der Waals surface area (Å²) in [5, 5.41) is 3.33. The summed E-state index contributed by atoms with van der Waals surface area (Å²) in [6, 6.07) is 0.148. The van der Waals surface area contributed by atoms with Crippen LogP contribution in [-0.4, -0.2) is 60.9 Å². The fourth-order valence-corrected chi connectivity index (χ4v) is 3.05. The van der Waals surface area contributed by atoms with E-state index in [-0.39, 0.29) is 23.2 Å². The largest absolute Gasteiger partial charge is 0.378 e. The maximum Gasteiger partial charge on any atom is 0.224 e. The van der Waals surface area contributed by atoms with Gasteiger partial charge in [0, 0.05) is 32.1 Å². The third kappa shape index (κ3) is 4.16. The van der Waals surface area contributed by atoms with E-state index in [0.29, 0.717) is 26.1 Å². The summed E-state index contributed by atoms with van der Waals surface area (Å²) < 4.78 is 11.4. The molecular formula is C14H26N2O3. The van der Waals surface area contributed by atoms with Gasteiger partial charge in [-0.15, -0.1) is 0 Å².